The van der Waals surface area contributed by atoms with Gasteiger partial charge in [-0.25, -0.2) is 0 Å². The first-order valence-electron chi connectivity index (χ1n) is 8.89. The van der Waals surface area contributed by atoms with Crippen molar-refractivity contribution in [3.63, 3.8) is 0 Å². The molecule has 1 aromatic rings. The van der Waals surface area contributed by atoms with Gasteiger partial charge in [-0.2, -0.15) is 5.10 Å². The number of nitrogens with zero attached hydrogens (tertiary/aromatic N) is 4. The summed E-state index contributed by atoms with van der Waals surface area (Å²) in [4.78, 5) is 18.8. The van der Waals surface area contributed by atoms with Crippen molar-refractivity contribution in [2.75, 3.05) is 32.7 Å². The number of carbonyl (C=O) groups is 1. The molecule has 2 saturated heterocycles. The van der Waals surface area contributed by atoms with Crippen molar-refractivity contribution >= 4 is 35.8 Å². The van der Waals surface area contributed by atoms with Crippen LogP contribution in [-0.2, 0) is 11.3 Å². The van der Waals surface area contributed by atoms with Gasteiger partial charge in [-0.3, -0.25) is 14.5 Å². The molecule has 25 heavy (non-hydrogen) atoms. The van der Waals surface area contributed by atoms with Crippen molar-refractivity contribution in [2.24, 2.45) is 10.4 Å². The van der Waals surface area contributed by atoms with E-state index in [1.807, 2.05) is 24.0 Å². The van der Waals surface area contributed by atoms with Crippen LogP contribution < -0.4 is 10.6 Å². The van der Waals surface area contributed by atoms with Crippen LogP contribution >= 0.6 is 24.0 Å². The maximum atomic E-state index is 11.7. The Labute approximate surface area is 166 Å². The lowest BCUT2D eigenvalue weighted by Crippen LogP contribution is -2.51. The van der Waals surface area contributed by atoms with Crippen molar-refractivity contribution in [3.05, 3.63) is 18.0 Å². The predicted molar refractivity (Wildman–Crippen MR) is 109 cm³/mol. The molecule has 0 saturated carbocycles. The molecule has 0 aliphatic carbocycles. The fourth-order valence-corrected chi connectivity index (χ4v) is 3.70. The molecule has 1 spiro atoms. The van der Waals surface area contributed by atoms with Gasteiger partial charge in [0.15, 0.2) is 5.96 Å². The van der Waals surface area contributed by atoms with E-state index >= 15 is 0 Å². The number of carbonyl (C=O) groups excluding carboxylic acids is 1. The van der Waals surface area contributed by atoms with Gasteiger partial charge in [0, 0.05) is 44.2 Å². The zero-order chi connectivity index (χ0) is 17.0. The Hall–Kier alpha value is -1.32. The SMILES string of the molecule is CCNC(=NCCn1cc(C)cn1)N1CCCC2(CNC(=O)C2)C1.I. The van der Waals surface area contributed by atoms with Crippen LogP contribution in [0.5, 0.6) is 0 Å². The van der Waals surface area contributed by atoms with Crippen LogP contribution in [-0.4, -0.2) is 59.3 Å². The standard InChI is InChI=1S/C17H28N6O.HI/c1-3-18-16(19-6-8-23-11-14(2)10-21-23)22-7-4-5-17(13-22)9-15(24)20-12-17;/h10-11H,3-9,12-13H2,1-2H3,(H,18,19)(H,20,24);1H. The van der Waals surface area contributed by atoms with E-state index in [9.17, 15) is 4.79 Å². The molecule has 1 aromatic heterocycles. The number of likely N-dealkylation sites (tertiary alicyclic amines) is 1. The van der Waals surface area contributed by atoms with Gasteiger partial charge in [0.1, 0.15) is 0 Å². The highest BCUT2D eigenvalue weighted by Gasteiger charge is 2.42. The van der Waals surface area contributed by atoms with Gasteiger partial charge >= 0.3 is 0 Å². The Morgan fingerprint density at radius 3 is 3.00 bits per heavy atom. The Bertz CT molecular complexity index is 616. The largest absolute Gasteiger partial charge is 0.357 e. The monoisotopic (exact) mass is 460 g/mol. The molecule has 1 unspecified atom stereocenters. The van der Waals surface area contributed by atoms with Gasteiger partial charge in [-0.05, 0) is 32.3 Å². The van der Waals surface area contributed by atoms with E-state index in [-0.39, 0.29) is 35.3 Å². The number of piperidine rings is 1. The maximum Gasteiger partial charge on any atom is 0.220 e. The number of rotatable bonds is 4. The fourth-order valence-electron chi connectivity index (χ4n) is 3.70. The highest BCUT2D eigenvalue weighted by atomic mass is 127. The second-order valence-corrected chi connectivity index (χ2v) is 7.00. The smallest absolute Gasteiger partial charge is 0.220 e. The lowest BCUT2D eigenvalue weighted by Gasteiger charge is -2.40. The molecule has 2 aliphatic rings. The van der Waals surface area contributed by atoms with Gasteiger partial charge in [-0.1, -0.05) is 0 Å². The minimum absolute atomic E-state index is 0. The summed E-state index contributed by atoms with van der Waals surface area (Å²) in [6.07, 6.45) is 6.78. The summed E-state index contributed by atoms with van der Waals surface area (Å²) in [7, 11) is 0. The number of amides is 1. The van der Waals surface area contributed by atoms with Crippen LogP contribution in [0.4, 0.5) is 0 Å². The maximum absolute atomic E-state index is 11.7. The molecule has 8 heteroatoms. The van der Waals surface area contributed by atoms with Crippen LogP contribution in [0.3, 0.4) is 0 Å². The number of aryl methyl sites for hydroxylation is 1. The number of halogens is 1. The average molecular weight is 460 g/mol. The Kier molecular flexibility index (Phi) is 7.09. The summed E-state index contributed by atoms with van der Waals surface area (Å²) in [6, 6.07) is 0. The second kappa shape index (κ2) is 8.86. The highest BCUT2D eigenvalue weighted by Crippen LogP contribution is 2.35. The van der Waals surface area contributed by atoms with E-state index < -0.39 is 0 Å². The second-order valence-electron chi connectivity index (χ2n) is 7.00. The molecule has 1 amide bonds. The van der Waals surface area contributed by atoms with Gasteiger partial charge in [0.2, 0.25) is 5.91 Å². The van der Waals surface area contributed by atoms with E-state index in [4.69, 9.17) is 4.99 Å². The molecule has 2 aliphatic heterocycles. The molecular weight excluding hydrogens is 431 g/mol. The minimum atomic E-state index is 0. The fraction of sp³-hybridized carbons (Fsp3) is 0.706. The van der Waals surface area contributed by atoms with Crippen LogP contribution in [0.25, 0.3) is 0 Å². The normalized spacial score (nSPS) is 23.5. The summed E-state index contributed by atoms with van der Waals surface area (Å²) in [5.74, 6) is 1.15. The molecule has 2 fully saturated rings. The number of hydrogen-bond donors (Lipinski definition) is 2. The molecule has 0 aromatic carbocycles. The Balaban J connectivity index is 0.00000225. The molecule has 0 bridgehead atoms. The van der Waals surface area contributed by atoms with Crippen molar-refractivity contribution in [3.8, 4) is 0 Å². The van der Waals surface area contributed by atoms with Crippen LogP contribution in [0.1, 0.15) is 31.7 Å². The molecule has 2 N–H and O–H groups in total. The zero-order valence-corrected chi connectivity index (χ0v) is 17.5. The lowest BCUT2D eigenvalue weighted by molar-refractivity contribution is -0.119. The predicted octanol–water partition coefficient (Wildman–Crippen LogP) is 1.38. The van der Waals surface area contributed by atoms with Crippen molar-refractivity contribution in [2.45, 2.75) is 39.7 Å². The van der Waals surface area contributed by atoms with Crippen LogP contribution in [0, 0.1) is 12.3 Å². The van der Waals surface area contributed by atoms with E-state index in [0.717, 1.165) is 51.5 Å². The molecular formula is C17H29IN6O. The van der Waals surface area contributed by atoms with Crippen LogP contribution in [0.15, 0.2) is 17.4 Å². The van der Waals surface area contributed by atoms with Gasteiger partial charge < -0.3 is 15.5 Å². The molecule has 1 atom stereocenters. The minimum Gasteiger partial charge on any atom is -0.357 e. The molecule has 3 heterocycles. The third kappa shape index (κ3) is 5.08. The van der Waals surface area contributed by atoms with Gasteiger partial charge in [0.05, 0.1) is 19.3 Å². The highest BCUT2D eigenvalue weighted by molar-refractivity contribution is 14.0. The van der Waals surface area contributed by atoms with E-state index in [1.54, 1.807) is 0 Å². The third-order valence-corrected chi connectivity index (χ3v) is 4.84. The number of hydrogen-bond acceptors (Lipinski definition) is 3. The number of guanidine groups is 1. The number of aliphatic imine (C=N–C) groups is 1. The third-order valence-electron chi connectivity index (χ3n) is 4.84. The Morgan fingerprint density at radius 1 is 1.52 bits per heavy atom. The van der Waals surface area contributed by atoms with Crippen LogP contribution in [0.2, 0.25) is 0 Å². The summed E-state index contributed by atoms with van der Waals surface area (Å²) < 4.78 is 1.93. The first-order valence-corrected chi connectivity index (χ1v) is 8.89. The molecule has 7 nitrogen and oxygen atoms in total. The number of aromatic nitrogens is 2. The van der Waals surface area contributed by atoms with Gasteiger partial charge in [0.25, 0.3) is 0 Å². The zero-order valence-electron chi connectivity index (χ0n) is 15.1. The average Bonchev–Trinajstić information content (AvgIpc) is 3.13. The molecule has 0 radical (unpaired) electrons. The summed E-state index contributed by atoms with van der Waals surface area (Å²) in [6.45, 7) is 9.16. The molecule has 3 rings (SSSR count). The Morgan fingerprint density at radius 2 is 2.36 bits per heavy atom. The van der Waals surface area contributed by atoms with E-state index in [1.165, 1.54) is 5.56 Å². The van der Waals surface area contributed by atoms with Crippen molar-refractivity contribution < 1.29 is 4.79 Å². The lowest BCUT2D eigenvalue weighted by atomic mass is 9.79. The summed E-state index contributed by atoms with van der Waals surface area (Å²) >= 11 is 0. The van der Waals surface area contributed by atoms with E-state index in [2.05, 4.69) is 27.6 Å². The quantitative estimate of drug-likeness (QED) is 0.405. The first kappa shape index (κ1) is 20.0. The summed E-state index contributed by atoms with van der Waals surface area (Å²) in [5, 5.41) is 10.7. The van der Waals surface area contributed by atoms with Gasteiger partial charge in [-0.15, -0.1) is 24.0 Å². The topological polar surface area (TPSA) is 74.6 Å². The van der Waals surface area contributed by atoms with Crippen molar-refractivity contribution in [1.29, 1.82) is 0 Å². The van der Waals surface area contributed by atoms with E-state index in [0.29, 0.717) is 13.0 Å². The first-order chi connectivity index (χ1) is 11.6. The molecule has 140 valence electrons. The summed E-state index contributed by atoms with van der Waals surface area (Å²) in [5.41, 5.74) is 1.26. The number of nitrogens with one attached hydrogen (secondary N) is 2. The van der Waals surface area contributed by atoms with Crippen molar-refractivity contribution in [1.82, 2.24) is 25.3 Å².